The first-order chi connectivity index (χ1) is 14.9. The highest BCUT2D eigenvalue weighted by molar-refractivity contribution is 6.78. The number of benzene rings is 3. The van der Waals surface area contributed by atoms with Crippen LogP contribution in [0.25, 0.3) is 10.8 Å². The van der Waals surface area contributed by atoms with Gasteiger partial charge in [0.05, 0.1) is 19.8 Å². The molecule has 0 aromatic heterocycles. The smallest absolute Gasteiger partial charge is 0.267 e. The van der Waals surface area contributed by atoms with Crippen LogP contribution >= 0.6 is 0 Å². The van der Waals surface area contributed by atoms with Crippen LogP contribution in [0.15, 0.2) is 90.0 Å². The SMILES string of the molecule is C[Si](C)(C)[C@@H]1C=C[C@@H]2[C@H]1CC(c1ccc3ccccc3c1)=NN2C(=O)c1ccccc1. The van der Waals surface area contributed by atoms with Gasteiger partial charge in [-0.15, -0.1) is 0 Å². The maximum Gasteiger partial charge on any atom is 0.274 e. The van der Waals surface area contributed by atoms with E-state index in [0.29, 0.717) is 17.0 Å². The predicted octanol–water partition coefficient (Wildman–Crippen LogP) is 6.35. The number of allylic oxidation sites excluding steroid dienone is 1. The Morgan fingerprint density at radius 2 is 1.61 bits per heavy atom. The molecule has 3 aromatic carbocycles. The maximum absolute atomic E-state index is 13.5. The van der Waals surface area contributed by atoms with Crippen molar-refractivity contribution < 1.29 is 4.79 Å². The van der Waals surface area contributed by atoms with Gasteiger partial charge < -0.3 is 0 Å². The number of hydrogen-bond donors (Lipinski definition) is 0. The van der Waals surface area contributed by atoms with Crippen LogP contribution in [0, 0.1) is 5.92 Å². The van der Waals surface area contributed by atoms with Gasteiger partial charge in [0.2, 0.25) is 0 Å². The molecule has 3 atom stereocenters. The van der Waals surface area contributed by atoms with Crippen LogP contribution in [0.4, 0.5) is 0 Å². The molecule has 156 valence electrons. The van der Waals surface area contributed by atoms with Crippen molar-refractivity contribution >= 4 is 30.5 Å². The summed E-state index contributed by atoms with van der Waals surface area (Å²) in [5, 5.41) is 9.14. The van der Waals surface area contributed by atoms with Crippen LogP contribution in [0.1, 0.15) is 22.3 Å². The molecule has 31 heavy (non-hydrogen) atoms. The van der Waals surface area contributed by atoms with Crippen molar-refractivity contribution in [3.8, 4) is 0 Å². The third-order valence-corrected chi connectivity index (χ3v) is 9.29. The van der Waals surface area contributed by atoms with E-state index in [0.717, 1.165) is 17.7 Å². The first-order valence-electron chi connectivity index (χ1n) is 11.1. The molecule has 4 heteroatoms. The largest absolute Gasteiger partial charge is 0.274 e. The summed E-state index contributed by atoms with van der Waals surface area (Å²) >= 11 is 0. The van der Waals surface area contributed by atoms with E-state index in [-0.39, 0.29) is 11.9 Å². The summed E-state index contributed by atoms with van der Waals surface area (Å²) in [5.41, 5.74) is 3.36. The van der Waals surface area contributed by atoms with Crippen LogP contribution in [0.3, 0.4) is 0 Å². The number of fused-ring (bicyclic) bond motifs is 2. The van der Waals surface area contributed by atoms with E-state index < -0.39 is 8.07 Å². The monoisotopic (exact) mass is 424 g/mol. The highest BCUT2D eigenvalue weighted by atomic mass is 28.3. The van der Waals surface area contributed by atoms with Crippen LogP contribution in [-0.2, 0) is 0 Å². The van der Waals surface area contributed by atoms with Crippen molar-refractivity contribution in [1.29, 1.82) is 0 Å². The number of rotatable bonds is 3. The molecule has 0 unspecified atom stereocenters. The summed E-state index contributed by atoms with van der Waals surface area (Å²) in [6, 6.07) is 24.5. The lowest BCUT2D eigenvalue weighted by molar-refractivity contribution is 0.0662. The Labute approximate surface area is 185 Å². The van der Waals surface area contributed by atoms with Gasteiger partial charge in [-0.1, -0.05) is 86.4 Å². The lowest BCUT2D eigenvalue weighted by Crippen LogP contribution is -2.46. The normalized spacial score (nSPS) is 23.0. The summed E-state index contributed by atoms with van der Waals surface area (Å²) in [6.45, 7) is 7.28. The number of amides is 1. The third-order valence-electron chi connectivity index (χ3n) is 6.67. The van der Waals surface area contributed by atoms with Crippen molar-refractivity contribution in [3.63, 3.8) is 0 Å². The first-order valence-corrected chi connectivity index (χ1v) is 14.6. The van der Waals surface area contributed by atoms with E-state index in [1.165, 1.54) is 10.8 Å². The van der Waals surface area contributed by atoms with Gasteiger partial charge in [0.25, 0.3) is 5.91 Å². The minimum Gasteiger partial charge on any atom is -0.267 e. The predicted molar refractivity (Wildman–Crippen MR) is 131 cm³/mol. The Kier molecular flexibility index (Phi) is 4.90. The van der Waals surface area contributed by atoms with Crippen LogP contribution in [0.5, 0.6) is 0 Å². The number of hydrazone groups is 1. The zero-order valence-electron chi connectivity index (χ0n) is 18.3. The molecule has 0 fully saturated rings. The Bertz CT molecular complexity index is 1190. The Morgan fingerprint density at radius 1 is 0.903 bits per heavy atom. The molecule has 1 aliphatic heterocycles. The number of carbonyl (C=O) groups excluding carboxylic acids is 1. The van der Waals surface area contributed by atoms with E-state index >= 15 is 0 Å². The first kappa shape index (κ1) is 19.9. The number of carbonyl (C=O) groups is 1. The molecular weight excluding hydrogens is 396 g/mol. The molecule has 0 N–H and O–H groups in total. The van der Waals surface area contributed by atoms with E-state index in [2.05, 4.69) is 74.3 Å². The molecule has 3 nitrogen and oxygen atoms in total. The fraction of sp³-hybridized carbons (Fsp3) is 0.259. The Morgan fingerprint density at radius 3 is 2.35 bits per heavy atom. The van der Waals surface area contributed by atoms with E-state index in [4.69, 9.17) is 5.10 Å². The molecule has 1 amide bonds. The van der Waals surface area contributed by atoms with Crippen LogP contribution in [0.2, 0.25) is 25.2 Å². The zero-order valence-corrected chi connectivity index (χ0v) is 19.3. The molecular formula is C27H28N2OSi. The van der Waals surface area contributed by atoms with Gasteiger partial charge in [-0.05, 0) is 52.4 Å². The lowest BCUT2D eigenvalue weighted by Gasteiger charge is -2.39. The van der Waals surface area contributed by atoms with Gasteiger partial charge in [-0.3, -0.25) is 4.79 Å². The molecule has 0 saturated heterocycles. The molecule has 3 aromatic rings. The highest BCUT2D eigenvalue weighted by Gasteiger charge is 2.46. The second kappa shape index (κ2) is 7.61. The quantitative estimate of drug-likeness (QED) is 0.356. The van der Waals surface area contributed by atoms with Gasteiger partial charge in [-0.2, -0.15) is 5.10 Å². The van der Waals surface area contributed by atoms with Crippen molar-refractivity contribution in [2.45, 2.75) is 37.6 Å². The van der Waals surface area contributed by atoms with Crippen LogP contribution in [-0.4, -0.2) is 30.7 Å². The minimum absolute atomic E-state index is 0.0190. The van der Waals surface area contributed by atoms with Crippen molar-refractivity contribution in [2.75, 3.05) is 0 Å². The number of nitrogens with zero attached hydrogens (tertiary/aromatic N) is 2. The molecule has 0 bridgehead atoms. The highest BCUT2D eigenvalue weighted by Crippen LogP contribution is 2.45. The molecule has 5 rings (SSSR count). The summed E-state index contributed by atoms with van der Waals surface area (Å²) in [6.07, 6.45) is 5.50. The van der Waals surface area contributed by atoms with Gasteiger partial charge >= 0.3 is 0 Å². The zero-order chi connectivity index (χ0) is 21.6. The van der Waals surface area contributed by atoms with Crippen molar-refractivity contribution in [2.24, 2.45) is 11.0 Å². The molecule has 1 heterocycles. The van der Waals surface area contributed by atoms with Gasteiger partial charge in [0.15, 0.2) is 0 Å². The summed E-state index contributed by atoms with van der Waals surface area (Å²) < 4.78 is 0. The molecule has 2 aliphatic rings. The minimum atomic E-state index is -1.43. The van der Waals surface area contributed by atoms with Gasteiger partial charge in [0, 0.05) is 5.56 Å². The topological polar surface area (TPSA) is 32.7 Å². The fourth-order valence-corrected chi connectivity index (χ4v) is 7.36. The number of hydrogen-bond acceptors (Lipinski definition) is 2. The Hall–Kier alpha value is -2.98. The average Bonchev–Trinajstić information content (AvgIpc) is 3.23. The van der Waals surface area contributed by atoms with Crippen LogP contribution < -0.4 is 0 Å². The fourth-order valence-electron chi connectivity index (χ4n) is 5.07. The van der Waals surface area contributed by atoms with Gasteiger partial charge in [-0.25, -0.2) is 5.01 Å². The summed E-state index contributed by atoms with van der Waals surface area (Å²) in [7, 11) is -1.43. The molecule has 0 radical (unpaired) electrons. The lowest BCUT2D eigenvalue weighted by atomic mass is 9.89. The molecule has 0 spiro atoms. The average molecular weight is 425 g/mol. The molecule has 1 aliphatic carbocycles. The van der Waals surface area contributed by atoms with E-state index in [1.807, 2.05) is 30.3 Å². The molecule has 0 saturated carbocycles. The summed E-state index contributed by atoms with van der Waals surface area (Å²) in [5.74, 6) is 0.368. The van der Waals surface area contributed by atoms with Gasteiger partial charge in [0.1, 0.15) is 0 Å². The maximum atomic E-state index is 13.5. The van der Waals surface area contributed by atoms with Crippen molar-refractivity contribution in [3.05, 3.63) is 96.1 Å². The third kappa shape index (κ3) is 3.65. The second-order valence-corrected chi connectivity index (χ2v) is 15.2. The van der Waals surface area contributed by atoms with Crippen molar-refractivity contribution in [1.82, 2.24) is 5.01 Å². The second-order valence-electron chi connectivity index (χ2n) is 9.76. The standard InChI is InChI=1S/C27H28N2OSi/c1-31(2,3)26-16-15-25-23(26)18-24(22-14-13-19-9-7-8-12-21(19)17-22)28-29(25)27(30)20-10-5-4-6-11-20/h4-17,23,25-26H,18H2,1-3H3/t23-,25-,26-/m1/s1. The van der Waals surface area contributed by atoms with E-state index in [1.54, 1.807) is 5.01 Å². The Balaban J connectivity index is 1.59. The van der Waals surface area contributed by atoms with E-state index in [9.17, 15) is 4.79 Å². The summed E-state index contributed by atoms with van der Waals surface area (Å²) in [4.78, 5) is 13.5.